The minimum atomic E-state index is 0.768. The zero-order valence-corrected chi connectivity index (χ0v) is 12.8. The Bertz CT molecular complexity index is 564. The summed E-state index contributed by atoms with van der Waals surface area (Å²) in [6, 6.07) is 5.64. The average Bonchev–Trinajstić information content (AvgIpc) is 2.81. The first-order valence-corrected chi connectivity index (χ1v) is 8.80. The second-order valence-corrected chi connectivity index (χ2v) is 7.25. The molecule has 3 aliphatic heterocycles. The third-order valence-corrected chi connectivity index (χ3v) is 6.10. The molecular weight excluding hydrogens is 258 g/mol. The SMILES string of the molecule is c1cc(C2CCC2)c2c3c1CNCCN3CC1CCCN21. The summed E-state index contributed by atoms with van der Waals surface area (Å²) < 4.78 is 0. The third kappa shape index (κ3) is 1.76. The molecule has 1 aliphatic carbocycles. The van der Waals surface area contributed by atoms with E-state index in [0.717, 1.165) is 25.0 Å². The molecule has 1 unspecified atom stereocenters. The van der Waals surface area contributed by atoms with Crippen LogP contribution in [-0.2, 0) is 6.54 Å². The first-order valence-electron chi connectivity index (χ1n) is 8.80. The Kier molecular flexibility index (Phi) is 2.72. The topological polar surface area (TPSA) is 18.5 Å². The van der Waals surface area contributed by atoms with Crippen molar-refractivity contribution < 1.29 is 0 Å². The number of hydrogen-bond acceptors (Lipinski definition) is 3. The van der Waals surface area contributed by atoms with Gasteiger partial charge in [0.2, 0.25) is 0 Å². The van der Waals surface area contributed by atoms with Gasteiger partial charge in [-0.1, -0.05) is 18.6 Å². The number of nitrogens with zero attached hydrogens (tertiary/aromatic N) is 2. The Hall–Kier alpha value is -1.22. The van der Waals surface area contributed by atoms with Crippen molar-refractivity contribution in [2.24, 2.45) is 0 Å². The van der Waals surface area contributed by atoms with E-state index in [2.05, 4.69) is 27.2 Å². The van der Waals surface area contributed by atoms with Crippen LogP contribution in [0.3, 0.4) is 0 Å². The molecule has 1 saturated heterocycles. The van der Waals surface area contributed by atoms with Crippen molar-refractivity contribution >= 4 is 11.4 Å². The predicted molar refractivity (Wildman–Crippen MR) is 87.3 cm³/mol. The standard InChI is InChI=1S/C18H25N3/c1-3-13(4-1)16-7-6-14-11-19-8-10-20-12-15-5-2-9-21(15)18(16)17(14)20/h6-7,13,15,19H,1-5,8-12H2. The molecule has 21 heavy (non-hydrogen) atoms. The van der Waals surface area contributed by atoms with Gasteiger partial charge >= 0.3 is 0 Å². The van der Waals surface area contributed by atoms with E-state index in [9.17, 15) is 0 Å². The van der Waals surface area contributed by atoms with Crippen molar-refractivity contribution in [3.05, 3.63) is 23.3 Å². The van der Waals surface area contributed by atoms with Gasteiger partial charge in [-0.25, -0.2) is 0 Å². The molecule has 2 fully saturated rings. The summed E-state index contributed by atoms with van der Waals surface area (Å²) in [6.07, 6.45) is 7.00. The van der Waals surface area contributed by atoms with Crippen LogP contribution in [0.25, 0.3) is 0 Å². The highest BCUT2D eigenvalue weighted by Gasteiger charge is 2.38. The van der Waals surface area contributed by atoms with E-state index in [0.29, 0.717) is 0 Å². The minimum Gasteiger partial charge on any atom is -0.366 e. The summed E-state index contributed by atoms with van der Waals surface area (Å²) >= 11 is 0. The van der Waals surface area contributed by atoms with Gasteiger partial charge in [-0.3, -0.25) is 0 Å². The average molecular weight is 283 g/mol. The van der Waals surface area contributed by atoms with Gasteiger partial charge in [-0.15, -0.1) is 0 Å². The van der Waals surface area contributed by atoms with Crippen LogP contribution in [0, 0.1) is 0 Å². The molecule has 4 aliphatic rings. The molecule has 3 nitrogen and oxygen atoms in total. The molecule has 0 amide bonds. The van der Waals surface area contributed by atoms with Gasteiger partial charge in [0, 0.05) is 38.8 Å². The van der Waals surface area contributed by atoms with Gasteiger partial charge in [0.15, 0.2) is 0 Å². The lowest BCUT2D eigenvalue weighted by Gasteiger charge is -2.44. The van der Waals surface area contributed by atoms with E-state index in [1.54, 1.807) is 16.9 Å². The van der Waals surface area contributed by atoms with Gasteiger partial charge < -0.3 is 15.1 Å². The molecule has 1 N–H and O–H groups in total. The fourth-order valence-corrected chi connectivity index (χ4v) is 4.79. The summed E-state index contributed by atoms with van der Waals surface area (Å²) in [5.41, 5.74) is 6.41. The van der Waals surface area contributed by atoms with Crippen LogP contribution in [-0.4, -0.2) is 32.2 Å². The maximum absolute atomic E-state index is 3.60. The zero-order chi connectivity index (χ0) is 13.8. The van der Waals surface area contributed by atoms with Crippen molar-refractivity contribution in [3.8, 4) is 0 Å². The molecule has 0 radical (unpaired) electrons. The molecule has 112 valence electrons. The quantitative estimate of drug-likeness (QED) is 0.855. The monoisotopic (exact) mass is 283 g/mol. The molecule has 1 aromatic rings. The summed E-state index contributed by atoms with van der Waals surface area (Å²) in [5.74, 6) is 0.836. The van der Waals surface area contributed by atoms with Crippen molar-refractivity contribution in [1.82, 2.24) is 5.32 Å². The molecule has 3 heteroatoms. The zero-order valence-electron chi connectivity index (χ0n) is 12.8. The smallest absolute Gasteiger partial charge is 0.0653 e. The molecule has 1 saturated carbocycles. The van der Waals surface area contributed by atoms with E-state index >= 15 is 0 Å². The Morgan fingerprint density at radius 2 is 1.95 bits per heavy atom. The lowest BCUT2D eigenvalue weighted by Crippen LogP contribution is -2.47. The van der Waals surface area contributed by atoms with E-state index in [1.807, 2.05) is 0 Å². The normalized spacial score (nSPS) is 27.9. The van der Waals surface area contributed by atoms with Gasteiger partial charge in [0.25, 0.3) is 0 Å². The fraction of sp³-hybridized carbons (Fsp3) is 0.667. The lowest BCUT2D eigenvalue weighted by atomic mass is 9.78. The van der Waals surface area contributed by atoms with Crippen molar-refractivity contribution in [3.63, 3.8) is 0 Å². The van der Waals surface area contributed by atoms with Crippen LogP contribution in [0.4, 0.5) is 11.4 Å². The number of hydrogen-bond donors (Lipinski definition) is 1. The van der Waals surface area contributed by atoms with Crippen molar-refractivity contribution in [2.45, 2.75) is 50.6 Å². The highest BCUT2D eigenvalue weighted by atomic mass is 15.3. The molecular formula is C18H25N3. The largest absolute Gasteiger partial charge is 0.366 e. The summed E-state index contributed by atoms with van der Waals surface area (Å²) in [7, 11) is 0. The molecule has 0 aromatic heterocycles. The van der Waals surface area contributed by atoms with Gasteiger partial charge in [-0.05, 0) is 42.7 Å². The molecule has 1 aromatic carbocycles. The fourth-order valence-electron chi connectivity index (χ4n) is 4.79. The highest BCUT2D eigenvalue weighted by molar-refractivity contribution is 5.82. The van der Waals surface area contributed by atoms with Crippen LogP contribution in [0.1, 0.15) is 49.1 Å². The Labute approximate surface area is 127 Å². The Morgan fingerprint density at radius 3 is 2.81 bits per heavy atom. The maximum atomic E-state index is 3.60. The molecule has 3 heterocycles. The Morgan fingerprint density at radius 1 is 1.00 bits per heavy atom. The number of nitrogens with one attached hydrogen (secondary N) is 1. The molecule has 1 atom stereocenters. The Balaban J connectivity index is 1.71. The summed E-state index contributed by atoms with van der Waals surface area (Å²) in [4.78, 5) is 5.47. The number of benzene rings is 1. The third-order valence-electron chi connectivity index (χ3n) is 6.10. The molecule has 0 bridgehead atoms. The van der Waals surface area contributed by atoms with Crippen LogP contribution in [0.15, 0.2) is 12.1 Å². The lowest BCUT2D eigenvalue weighted by molar-refractivity contribution is 0.418. The van der Waals surface area contributed by atoms with Gasteiger partial charge in [0.1, 0.15) is 0 Å². The highest BCUT2D eigenvalue weighted by Crippen LogP contribution is 2.50. The number of fused-ring (bicyclic) bond motifs is 2. The van der Waals surface area contributed by atoms with E-state index in [-0.39, 0.29) is 0 Å². The van der Waals surface area contributed by atoms with Crippen molar-refractivity contribution in [1.29, 1.82) is 0 Å². The molecule has 5 rings (SSSR count). The number of anilines is 2. The number of rotatable bonds is 1. The van der Waals surface area contributed by atoms with E-state index in [1.165, 1.54) is 57.3 Å². The first kappa shape index (κ1) is 12.3. The van der Waals surface area contributed by atoms with Crippen LogP contribution in [0.5, 0.6) is 0 Å². The maximum Gasteiger partial charge on any atom is 0.0653 e. The second kappa shape index (κ2) is 4.64. The van der Waals surface area contributed by atoms with Crippen LogP contribution < -0.4 is 15.1 Å². The van der Waals surface area contributed by atoms with Crippen molar-refractivity contribution in [2.75, 3.05) is 36.0 Å². The second-order valence-electron chi connectivity index (χ2n) is 7.25. The van der Waals surface area contributed by atoms with E-state index in [4.69, 9.17) is 0 Å². The van der Waals surface area contributed by atoms with Gasteiger partial charge in [0.05, 0.1) is 11.4 Å². The summed E-state index contributed by atoms with van der Waals surface area (Å²) in [5, 5.41) is 3.60. The van der Waals surface area contributed by atoms with Gasteiger partial charge in [-0.2, -0.15) is 0 Å². The van der Waals surface area contributed by atoms with Crippen LogP contribution >= 0.6 is 0 Å². The first-order chi connectivity index (χ1) is 10.4. The van der Waals surface area contributed by atoms with E-state index < -0.39 is 0 Å². The van der Waals surface area contributed by atoms with Crippen LogP contribution in [0.2, 0.25) is 0 Å². The predicted octanol–water partition coefficient (Wildman–Crippen LogP) is 2.85. The molecule has 0 spiro atoms. The minimum absolute atomic E-state index is 0.768. The summed E-state index contributed by atoms with van der Waals surface area (Å²) in [6.45, 7) is 5.87.